The Kier molecular flexibility index (Phi) is 2.89. The van der Waals surface area contributed by atoms with Gasteiger partial charge in [-0.25, -0.2) is 4.98 Å². The molecule has 2 atom stereocenters. The van der Waals surface area contributed by atoms with E-state index in [1.165, 1.54) is 0 Å². The molecule has 1 N–H and O–H groups in total. The van der Waals surface area contributed by atoms with Gasteiger partial charge >= 0.3 is 0 Å². The topological polar surface area (TPSA) is 51.6 Å². The summed E-state index contributed by atoms with van der Waals surface area (Å²) in [5.74, 6) is 0.700. The molecule has 0 radical (unpaired) electrons. The molecule has 3 rings (SSSR count). The highest BCUT2D eigenvalue weighted by atomic mass is 16.6. The molecule has 2 heterocycles. The van der Waals surface area contributed by atoms with Crippen molar-refractivity contribution in [2.45, 2.75) is 19.1 Å². The van der Waals surface area contributed by atoms with Gasteiger partial charge in [0.2, 0.25) is 0 Å². The minimum absolute atomic E-state index is 0.307. The first-order chi connectivity index (χ1) is 8.74. The van der Waals surface area contributed by atoms with Gasteiger partial charge in [0.25, 0.3) is 0 Å². The Morgan fingerprint density at radius 3 is 2.94 bits per heavy atom. The van der Waals surface area contributed by atoms with E-state index in [1.54, 1.807) is 0 Å². The van der Waals surface area contributed by atoms with Crippen molar-refractivity contribution in [1.29, 1.82) is 0 Å². The Morgan fingerprint density at radius 1 is 1.28 bits per heavy atom. The third kappa shape index (κ3) is 2.05. The monoisotopic (exact) mass is 245 g/mol. The smallest absolute Gasteiger partial charge is 0.150 e. The van der Waals surface area contributed by atoms with Crippen LogP contribution in [-0.4, -0.2) is 35.5 Å². The Labute approximate surface area is 105 Å². The molecule has 1 aromatic carbocycles. The number of nitrogens with zero attached hydrogens (tertiary/aromatic N) is 1. The van der Waals surface area contributed by atoms with Gasteiger partial charge in [0.15, 0.2) is 6.10 Å². The number of aliphatic hydroxyl groups is 1. The van der Waals surface area contributed by atoms with Crippen molar-refractivity contribution in [3.63, 3.8) is 0 Å². The van der Waals surface area contributed by atoms with Crippen LogP contribution in [0.4, 0.5) is 0 Å². The average Bonchev–Trinajstić information content (AvgIpc) is 2.76. The Bertz CT molecular complexity index is 570. The van der Waals surface area contributed by atoms with Crippen LogP contribution in [0.2, 0.25) is 0 Å². The third-order valence-electron chi connectivity index (χ3n) is 3.10. The first-order valence-corrected chi connectivity index (χ1v) is 6.03. The summed E-state index contributed by atoms with van der Waals surface area (Å²) in [6.45, 7) is 2.70. The van der Waals surface area contributed by atoms with E-state index in [2.05, 4.69) is 4.98 Å². The lowest BCUT2D eigenvalue weighted by atomic mass is 10.2. The van der Waals surface area contributed by atoms with Crippen LogP contribution in [0.5, 0.6) is 5.75 Å². The van der Waals surface area contributed by atoms with Gasteiger partial charge in [0.05, 0.1) is 13.2 Å². The third-order valence-corrected chi connectivity index (χ3v) is 3.10. The molecule has 18 heavy (non-hydrogen) atoms. The number of aryl methyl sites for hydroxylation is 1. The van der Waals surface area contributed by atoms with Crippen LogP contribution in [0.25, 0.3) is 10.9 Å². The van der Waals surface area contributed by atoms with E-state index >= 15 is 0 Å². The predicted octanol–water partition coefficient (Wildman–Crippen LogP) is 1.68. The van der Waals surface area contributed by atoms with Gasteiger partial charge in [-0.1, -0.05) is 18.2 Å². The van der Waals surface area contributed by atoms with Crippen molar-refractivity contribution in [2.75, 3.05) is 13.2 Å². The molecule has 1 fully saturated rings. The van der Waals surface area contributed by atoms with Crippen molar-refractivity contribution in [1.82, 2.24) is 4.98 Å². The standard InChI is InChI=1S/C14H15NO3/c1-9-5-6-10-3-2-4-12(14(10)15-9)18-13-8-17-7-11(13)16/h2-6,11,13,16H,7-8H2,1H3/t11-,13-/m1/s1. The summed E-state index contributed by atoms with van der Waals surface area (Å²) in [7, 11) is 0. The van der Waals surface area contributed by atoms with Crippen LogP contribution < -0.4 is 4.74 Å². The number of hydrogen-bond acceptors (Lipinski definition) is 4. The molecule has 0 unspecified atom stereocenters. The maximum absolute atomic E-state index is 9.71. The molecule has 0 amide bonds. The lowest BCUT2D eigenvalue weighted by Crippen LogP contribution is -2.29. The number of aromatic nitrogens is 1. The molecule has 2 aromatic rings. The molecule has 1 aliphatic rings. The summed E-state index contributed by atoms with van der Waals surface area (Å²) in [4.78, 5) is 4.50. The molecule has 4 nitrogen and oxygen atoms in total. The fourth-order valence-electron chi connectivity index (χ4n) is 2.11. The van der Waals surface area contributed by atoms with Gasteiger partial charge in [-0.3, -0.25) is 0 Å². The molecule has 0 aliphatic carbocycles. The molecular formula is C14H15NO3. The average molecular weight is 245 g/mol. The van der Waals surface area contributed by atoms with Crippen LogP contribution in [0.15, 0.2) is 30.3 Å². The van der Waals surface area contributed by atoms with E-state index in [-0.39, 0.29) is 6.10 Å². The van der Waals surface area contributed by atoms with Crippen molar-refractivity contribution >= 4 is 10.9 Å². The van der Waals surface area contributed by atoms with Gasteiger partial charge in [-0.2, -0.15) is 0 Å². The SMILES string of the molecule is Cc1ccc2cccc(O[C@@H]3COC[C@H]3O)c2n1. The van der Waals surface area contributed by atoms with Gasteiger partial charge in [0, 0.05) is 11.1 Å². The van der Waals surface area contributed by atoms with E-state index in [1.807, 2.05) is 37.3 Å². The zero-order chi connectivity index (χ0) is 12.5. The van der Waals surface area contributed by atoms with Gasteiger partial charge in [-0.15, -0.1) is 0 Å². The number of rotatable bonds is 2. The molecule has 1 aromatic heterocycles. The van der Waals surface area contributed by atoms with Crippen LogP contribution >= 0.6 is 0 Å². The fourth-order valence-corrected chi connectivity index (χ4v) is 2.11. The van der Waals surface area contributed by atoms with Crippen molar-refractivity contribution in [3.05, 3.63) is 36.0 Å². The first kappa shape index (κ1) is 11.4. The Hall–Kier alpha value is -1.65. The Balaban J connectivity index is 1.98. The lowest BCUT2D eigenvalue weighted by molar-refractivity contribution is 0.0742. The molecule has 4 heteroatoms. The summed E-state index contributed by atoms with van der Waals surface area (Å²) in [6, 6.07) is 9.79. The number of benzene rings is 1. The zero-order valence-electron chi connectivity index (χ0n) is 10.2. The minimum Gasteiger partial charge on any atom is -0.483 e. The first-order valence-electron chi connectivity index (χ1n) is 6.03. The second kappa shape index (κ2) is 4.55. The second-order valence-corrected chi connectivity index (χ2v) is 4.54. The highest BCUT2D eigenvalue weighted by Crippen LogP contribution is 2.26. The quantitative estimate of drug-likeness (QED) is 0.874. The van der Waals surface area contributed by atoms with Crippen molar-refractivity contribution < 1.29 is 14.6 Å². The number of pyridine rings is 1. The van der Waals surface area contributed by atoms with Gasteiger partial charge in [-0.05, 0) is 19.1 Å². The maximum atomic E-state index is 9.71. The van der Waals surface area contributed by atoms with Gasteiger partial charge < -0.3 is 14.6 Å². The zero-order valence-corrected chi connectivity index (χ0v) is 10.2. The Morgan fingerprint density at radius 2 is 2.17 bits per heavy atom. The number of para-hydroxylation sites is 1. The maximum Gasteiger partial charge on any atom is 0.150 e. The number of fused-ring (bicyclic) bond motifs is 1. The number of aliphatic hydroxyl groups excluding tert-OH is 1. The molecule has 0 spiro atoms. The summed E-state index contributed by atoms with van der Waals surface area (Å²) in [5.41, 5.74) is 1.78. The molecule has 94 valence electrons. The van der Waals surface area contributed by atoms with Crippen LogP contribution in [-0.2, 0) is 4.74 Å². The summed E-state index contributed by atoms with van der Waals surface area (Å²) in [5, 5.41) is 10.7. The fraction of sp³-hybridized carbons (Fsp3) is 0.357. The van der Waals surface area contributed by atoms with E-state index in [9.17, 15) is 5.11 Å². The van der Waals surface area contributed by atoms with E-state index < -0.39 is 6.10 Å². The van der Waals surface area contributed by atoms with Crippen molar-refractivity contribution in [2.24, 2.45) is 0 Å². The second-order valence-electron chi connectivity index (χ2n) is 4.54. The predicted molar refractivity (Wildman–Crippen MR) is 67.7 cm³/mol. The summed E-state index contributed by atoms with van der Waals surface area (Å²) in [6.07, 6.45) is -0.872. The molecular weight excluding hydrogens is 230 g/mol. The van der Waals surface area contributed by atoms with Gasteiger partial charge in [0.1, 0.15) is 17.4 Å². The lowest BCUT2D eigenvalue weighted by Gasteiger charge is -2.16. The summed E-state index contributed by atoms with van der Waals surface area (Å²) < 4.78 is 11.0. The van der Waals surface area contributed by atoms with E-state index in [0.29, 0.717) is 19.0 Å². The van der Waals surface area contributed by atoms with Crippen LogP contribution in [0.1, 0.15) is 5.69 Å². The number of ether oxygens (including phenoxy) is 2. The summed E-state index contributed by atoms with van der Waals surface area (Å²) >= 11 is 0. The minimum atomic E-state index is -0.565. The molecule has 0 saturated carbocycles. The highest BCUT2D eigenvalue weighted by Gasteiger charge is 2.28. The van der Waals surface area contributed by atoms with Crippen LogP contribution in [0, 0.1) is 6.92 Å². The van der Waals surface area contributed by atoms with E-state index in [0.717, 1.165) is 16.6 Å². The molecule has 1 aliphatic heterocycles. The molecule has 1 saturated heterocycles. The largest absolute Gasteiger partial charge is 0.483 e. The number of hydrogen-bond donors (Lipinski definition) is 1. The van der Waals surface area contributed by atoms with Crippen LogP contribution in [0.3, 0.4) is 0 Å². The normalized spacial score (nSPS) is 23.4. The molecule has 0 bridgehead atoms. The van der Waals surface area contributed by atoms with Crippen molar-refractivity contribution in [3.8, 4) is 5.75 Å². The highest BCUT2D eigenvalue weighted by molar-refractivity contribution is 5.84. The van der Waals surface area contributed by atoms with E-state index in [4.69, 9.17) is 9.47 Å².